The van der Waals surface area contributed by atoms with Gasteiger partial charge in [-0.1, -0.05) is 58.7 Å². The summed E-state index contributed by atoms with van der Waals surface area (Å²) in [6.07, 6.45) is 0.999. The highest BCUT2D eigenvalue weighted by molar-refractivity contribution is 9.09. The van der Waals surface area contributed by atoms with Gasteiger partial charge in [0.25, 0.3) is 0 Å². The lowest BCUT2D eigenvalue weighted by molar-refractivity contribution is 0.613. The van der Waals surface area contributed by atoms with Gasteiger partial charge in [0.1, 0.15) is 5.82 Å². The SMILES string of the molecule is CCc1ccc(C(Br)c2cc(Cl)ccc2F)cc1. The van der Waals surface area contributed by atoms with Crippen molar-refractivity contribution in [3.05, 3.63) is 70.0 Å². The van der Waals surface area contributed by atoms with Crippen molar-refractivity contribution in [3.8, 4) is 0 Å². The number of rotatable bonds is 3. The van der Waals surface area contributed by atoms with Gasteiger partial charge in [0.2, 0.25) is 0 Å². The third-order valence-corrected chi connectivity index (χ3v) is 4.17. The Balaban J connectivity index is 2.34. The molecule has 0 aliphatic heterocycles. The molecule has 0 aliphatic carbocycles. The first-order valence-electron chi connectivity index (χ1n) is 5.79. The third-order valence-electron chi connectivity index (χ3n) is 2.91. The van der Waals surface area contributed by atoms with Crippen molar-refractivity contribution < 1.29 is 4.39 Å². The summed E-state index contributed by atoms with van der Waals surface area (Å²) in [6.45, 7) is 2.11. The van der Waals surface area contributed by atoms with Gasteiger partial charge in [-0.05, 0) is 35.7 Å². The van der Waals surface area contributed by atoms with E-state index in [1.54, 1.807) is 12.1 Å². The molecule has 0 amide bonds. The van der Waals surface area contributed by atoms with Gasteiger partial charge in [0, 0.05) is 10.6 Å². The van der Waals surface area contributed by atoms with Crippen LogP contribution < -0.4 is 0 Å². The predicted molar refractivity (Wildman–Crippen MR) is 78.0 cm³/mol. The molecule has 0 saturated heterocycles. The van der Waals surface area contributed by atoms with E-state index in [0.29, 0.717) is 10.6 Å². The Morgan fingerprint density at radius 2 is 1.83 bits per heavy atom. The molecule has 0 N–H and O–H groups in total. The van der Waals surface area contributed by atoms with Crippen LogP contribution in [0.5, 0.6) is 0 Å². The van der Waals surface area contributed by atoms with Crippen LogP contribution in [0.2, 0.25) is 5.02 Å². The van der Waals surface area contributed by atoms with Crippen molar-refractivity contribution in [2.24, 2.45) is 0 Å². The molecule has 0 spiro atoms. The number of hydrogen-bond donors (Lipinski definition) is 0. The maximum absolute atomic E-state index is 13.8. The fourth-order valence-corrected chi connectivity index (χ4v) is 2.65. The Hall–Kier alpha value is -0.860. The monoisotopic (exact) mass is 326 g/mol. The van der Waals surface area contributed by atoms with Crippen molar-refractivity contribution >= 4 is 27.5 Å². The number of aryl methyl sites for hydroxylation is 1. The molecule has 0 aromatic heterocycles. The van der Waals surface area contributed by atoms with Crippen LogP contribution in [0.15, 0.2) is 42.5 Å². The first-order valence-corrected chi connectivity index (χ1v) is 7.09. The average molecular weight is 328 g/mol. The zero-order valence-electron chi connectivity index (χ0n) is 9.96. The maximum atomic E-state index is 13.8. The van der Waals surface area contributed by atoms with Crippen LogP contribution in [-0.2, 0) is 6.42 Å². The summed E-state index contributed by atoms with van der Waals surface area (Å²) in [5.41, 5.74) is 2.85. The molecule has 0 nitrogen and oxygen atoms in total. The van der Waals surface area contributed by atoms with Crippen molar-refractivity contribution in [1.82, 2.24) is 0 Å². The van der Waals surface area contributed by atoms with E-state index < -0.39 is 0 Å². The molecule has 0 bridgehead atoms. The molecule has 0 fully saturated rings. The maximum Gasteiger partial charge on any atom is 0.127 e. The van der Waals surface area contributed by atoms with Gasteiger partial charge in [-0.25, -0.2) is 4.39 Å². The van der Waals surface area contributed by atoms with Crippen LogP contribution in [-0.4, -0.2) is 0 Å². The van der Waals surface area contributed by atoms with Crippen LogP contribution >= 0.6 is 27.5 Å². The van der Waals surface area contributed by atoms with E-state index in [0.717, 1.165) is 12.0 Å². The standard InChI is InChI=1S/C15H13BrClF/c1-2-10-3-5-11(6-4-10)15(16)13-9-12(17)7-8-14(13)18/h3-9,15H,2H2,1H3. The predicted octanol–water partition coefficient (Wildman–Crippen LogP) is 5.53. The van der Waals surface area contributed by atoms with E-state index in [-0.39, 0.29) is 10.6 Å². The summed E-state index contributed by atoms with van der Waals surface area (Å²) >= 11 is 9.44. The van der Waals surface area contributed by atoms with E-state index in [9.17, 15) is 4.39 Å². The second-order valence-corrected chi connectivity index (χ2v) is 5.48. The Morgan fingerprint density at radius 3 is 2.44 bits per heavy atom. The Labute approximate surface area is 120 Å². The average Bonchev–Trinajstić information content (AvgIpc) is 2.41. The molecule has 1 unspecified atom stereocenters. The Morgan fingerprint density at radius 1 is 1.17 bits per heavy atom. The summed E-state index contributed by atoms with van der Waals surface area (Å²) in [5.74, 6) is -0.249. The highest BCUT2D eigenvalue weighted by Crippen LogP contribution is 2.33. The highest BCUT2D eigenvalue weighted by Gasteiger charge is 2.15. The second kappa shape index (κ2) is 5.85. The van der Waals surface area contributed by atoms with Gasteiger partial charge >= 0.3 is 0 Å². The van der Waals surface area contributed by atoms with Crippen molar-refractivity contribution in [2.45, 2.75) is 18.2 Å². The number of alkyl halides is 1. The molecule has 18 heavy (non-hydrogen) atoms. The van der Waals surface area contributed by atoms with Gasteiger partial charge in [0.05, 0.1) is 4.83 Å². The van der Waals surface area contributed by atoms with Crippen LogP contribution in [0.3, 0.4) is 0 Å². The van der Waals surface area contributed by atoms with Crippen LogP contribution in [0.4, 0.5) is 4.39 Å². The van der Waals surface area contributed by atoms with Gasteiger partial charge < -0.3 is 0 Å². The first-order chi connectivity index (χ1) is 8.61. The van der Waals surface area contributed by atoms with Gasteiger partial charge in [-0.2, -0.15) is 0 Å². The molecule has 0 aliphatic rings. The minimum Gasteiger partial charge on any atom is -0.207 e. The molecule has 2 rings (SSSR count). The fraction of sp³-hybridized carbons (Fsp3) is 0.200. The lowest BCUT2D eigenvalue weighted by atomic mass is 10.0. The topological polar surface area (TPSA) is 0 Å². The van der Waals surface area contributed by atoms with E-state index >= 15 is 0 Å². The lowest BCUT2D eigenvalue weighted by Gasteiger charge is -2.12. The third kappa shape index (κ3) is 2.93. The quantitative estimate of drug-likeness (QED) is 0.651. The van der Waals surface area contributed by atoms with Crippen LogP contribution in [0.1, 0.15) is 28.4 Å². The fourth-order valence-electron chi connectivity index (χ4n) is 1.81. The van der Waals surface area contributed by atoms with Gasteiger partial charge in [0.15, 0.2) is 0 Å². The van der Waals surface area contributed by atoms with Crippen LogP contribution in [0.25, 0.3) is 0 Å². The minimum absolute atomic E-state index is 0.179. The molecule has 0 saturated carbocycles. The van der Waals surface area contributed by atoms with E-state index in [1.165, 1.54) is 11.6 Å². The summed E-state index contributed by atoms with van der Waals surface area (Å²) in [5, 5.41) is 0.543. The number of benzene rings is 2. The van der Waals surface area contributed by atoms with Crippen LogP contribution in [0, 0.1) is 5.82 Å². The first kappa shape index (κ1) is 13.6. The van der Waals surface area contributed by atoms with Crippen molar-refractivity contribution in [1.29, 1.82) is 0 Å². The summed E-state index contributed by atoms with van der Waals surface area (Å²) < 4.78 is 13.8. The van der Waals surface area contributed by atoms with E-state index in [2.05, 4.69) is 35.0 Å². The summed E-state index contributed by atoms with van der Waals surface area (Å²) in [4.78, 5) is -0.179. The molecule has 3 heteroatoms. The highest BCUT2D eigenvalue weighted by atomic mass is 79.9. The summed E-state index contributed by atoms with van der Waals surface area (Å²) in [7, 11) is 0. The molecule has 0 radical (unpaired) electrons. The zero-order valence-corrected chi connectivity index (χ0v) is 12.3. The number of halogens is 3. The Bertz CT molecular complexity index is 537. The largest absolute Gasteiger partial charge is 0.207 e. The Kier molecular flexibility index (Phi) is 4.41. The molecule has 0 heterocycles. The van der Waals surface area contributed by atoms with Crippen molar-refractivity contribution in [3.63, 3.8) is 0 Å². The molecular formula is C15H13BrClF. The summed E-state index contributed by atoms with van der Waals surface area (Å²) in [6, 6.07) is 12.8. The van der Waals surface area contributed by atoms with Gasteiger partial charge in [-0.3, -0.25) is 0 Å². The van der Waals surface area contributed by atoms with E-state index in [4.69, 9.17) is 11.6 Å². The second-order valence-electron chi connectivity index (χ2n) is 4.12. The zero-order chi connectivity index (χ0) is 13.1. The van der Waals surface area contributed by atoms with E-state index in [1.807, 2.05) is 12.1 Å². The molecule has 1 atom stereocenters. The molecule has 2 aromatic rings. The molecule has 2 aromatic carbocycles. The molecular weight excluding hydrogens is 315 g/mol. The normalized spacial score (nSPS) is 12.4. The minimum atomic E-state index is -0.249. The molecule has 94 valence electrons. The van der Waals surface area contributed by atoms with Gasteiger partial charge in [-0.15, -0.1) is 0 Å². The van der Waals surface area contributed by atoms with Crippen molar-refractivity contribution in [2.75, 3.05) is 0 Å². The smallest absolute Gasteiger partial charge is 0.127 e. The number of hydrogen-bond acceptors (Lipinski definition) is 0. The lowest BCUT2D eigenvalue weighted by Crippen LogP contribution is -1.97.